The summed E-state index contributed by atoms with van der Waals surface area (Å²) in [5.74, 6) is -0.245. The van der Waals surface area contributed by atoms with E-state index in [9.17, 15) is 13.2 Å². The Morgan fingerprint density at radius 1 is 1.10 bits per heavy atom. The number of halogens is 3. The Hall–Kier alpha value is -2.90. The van der Waals surface area contributed by atoms with Crippen molar-refractivity contribution in [2.24, 2.45) is 5.73 Å². The summed E-state index contributed by atoms with van der Waals surface area (Å²) >= 11 is 4.75. The molecule has 0 amide bonds. The molecule has 0 spiro atoms. The smallest absolute Gasteiger partial charge is 0.283 e. The fourth-order valence-corrected chi connectivity index (χ4v) is 4.16. The Morgan fingerprint density at radius 2 is 1.71 bits per heavy atom. The summed E-state index contributed by atoms with van der Waals surface area (Å²) in [5, 5.41) is 5.14. The van der Waals surface area contributed by atoms with E-state index >= 15 is 0 Å². The molecular formula is C32H42F3N4PS. The van der Waals surface area contributed by atoms with Gasteiger partial charge in [-0.25, -0.2) is 4.39 Å². The topological polar surface area (TPSA) is 54.2 Å². The van der Waals surface area contributed by atoms with Crippen molar-refractivity contribution >= 4 is 43.2 Å². The number of likely N-dealkylation sites (N-methyl/N-ethyl adjacent to an activating group) is 1. The maximum atomic E-state index is 13.2. The second-order valence-electron chi connectivity index (χ2n) is 9.76. The lowest BCUT2D eigenvalue weighted by molar-refractivity contribution is 0.151. The summed E-state index contributed by atoms with van der Waals surface area (Å²) in [6.07, 6.45) is 7.78. The number of hydrogen-bond acceptors (Lipinski definition) is 5. The molecule has 0 fully saturated rings. The number of hydrogen-bond donors (Lipinski definition) is 3. The molecule has 2 aromatic carbocycles. The number of fused-ring (bicyclic) bond motifs is 1. The minimum Gasteiger partial charge on any atom is -0.376 e. The second-order valence-corrected chi connectivity index (χ2v) is 10.9. The predicted molar refractivity (Wildman–Crippen MR) is 178 cm³/mol. The number of nitrogens with zero attached hydrogens (tertiary/aromatic N) is 2. The molecule has 4 nitrogen and oxygen atoms in total. The third-order valence-electron chi connectivity index (χ3n) is 5.43. The van der Waals surface area contributed by atoms with Crippen molar-refractivity contribution in [3.63, 3.8) is 0 Å². The van der Waals surface area contributed by atoms with Crippen LogP contribution in [0.15, 0.2) is 96.9 Å². The van der Waals surface area contributed by atoms with Gasteiger partial charge in [-0.1, -0.05) is 51.8 Å². The molecule has 0 aliphatic heterocycles. The van der Waals surface area contributed by atoms with E-state index in [0.717, 1.165) is 50.7 Å². The summed E-state index contributed by atoms with van der Waals surface area (Å²) < 4.78 is 38.5. The number of thiol groups is 1. The fourth-order valence-electron chi connectivity index (χ4n) is 3.48. The number of allylic oxidation sites excluding steroid dienone is 5. The largest absolute Gasteiger partial charge is 0.376 e. The number of nitrogens with one attached hydrogen (secondary N) is 1. The summed E-state index contributed by atoms with van der Waals surface area (Å²) in [6.45, 7) is 9.88. The molecule has 222 valence electrons. The highest BCUT2D eigenvalue weighted by atomic mass is 32.1. The average molecular weight is 603 g/mol. The van der Waals surface area contributed by atoms with E-state index in [-0.39, 0.29) is 17.4 Å². The van der Waals surface area contributed by atoms with Gasteiger partial charge in [0.15, 0.2) is 0 Å². The third-order valence-corrected chi connectivity index (χ3v) is 6.23. The van der Waals surface area contributed by atoms with Crippen molar-refractivity contribution < 1.29 is 13.2 Å². The maximum absolute atomic E-state index is 13.2. The molecule has 0 radical (unpaired) electrons. The molecule has 1 aromatic heterocycles. The van der Waals surface area contributed by atoms with Crippen LogP contribution in [0, 0.1) is 5.82 Å². The van der Waals surface area contributed by atoms with Crippen molar-refractivity contribution in [2.45, 2.75) is 32.5 Å². The SMILES string of the molecule is C=C/C(=C\C=C(C)C)C(F)(F)P.CN(C)/C(=C(\S)c1ccc2cnccc2c1)c1ccc(F)cc1.CNC[C@H](C)N. The number of rotatable bonds is 8. The van der Waals surface area contributed by atoms with Gasteiger partial charge in [0.2, 0.25) is 0 Å². The van der Waals surface area contributed by atoms with Crippen molar-refractivity contribution in [1.29, 1.82) is 0 Å². The molecular weight excluding hydrogens is 560 g/mol. The van der Waals surface area contributed by atoms with Crippen LogP contribution in [0.4, 0.5) is 13.2 Å². The molecule has 9 heteroatoms. The first-order valence-electron chi connectivity index (χ1n) is 13.0. The van der Waals surface area contributed by atoms with Crippen LogP contribution in [0.2, 0.25) is 0 Å². The number of alkyl halides is 2. The molecule has 1 heterocycles. The summed E-state index contributed by atoms with van der Waals surface area (Å²) in [4.78, 5) is 6.97. The van der Waals surface area contributed by atoms with Gasteiger partial charge < -0.3 is 16.0 Å². The van der Waals surface area contributed by atoms with Crippen LogP contribution in [0.25, 0.3) is 21.4 Å². The van der Waals surface area contributed by atoms with Gasteiger partial charge in [-0.05, 0) is 80.7 Å². The van der Waals surface area contributed by atoms with Crippen LogP contribution in [0.5, 0.6) is 0 Å². The molecule has 3 aromatic rings. The van der Waals surface area contributed by atoms with Gasteiger partial charge in [-0.15, -0.1) is 12.6 Å². The Balaban J connectivity index is 0.000000392. The first-order chi connectivity index (χ1) is 19.2. The van der Waals surface area contributed by atoms with E-state index in [0.29, 0.717) is 0 Å². The lowest BCUT2D eigenvalue weighted by Crippen LogP contribution is -2.28. The average Bonchev–Trinajstić information content (AvgIpc) is 2.89. The van der Waals surface area contributed by atoms with Gasteiger partial charge in [0.05, 0.1) is 5.70 Å². The first-order valence-corrected chi connectivity index (χ1v) is 14.0. The Bertz CT molecular complexity index is 1340. The van der Waals surface area contributed by atoms with Crippen LogP contribution in [0.3, 0.4) is 0 Å². The van der Waals surface area contributed by atoms with E-state index in [2.05, 4.69) is 22.9 Å². The Labute approximate surface area is 250 Å². The molecule has 0 aliphatic carbocycles. The van der Waals surface area contributed by atoms with Crippen LogP contribution in [0.1, 0.15) is 31.9 Å². The Morgan fingerprint density at radius 3 is 2.17 bits per heavy atom. The van der Waals surface area contributed by atoms with Gasteiger partial charge in [0, 0.05) is 54.9 Å². The van der Waals surface area contributed by atoms with E-state index in [1.54, 1.807) is 24.4 Å². The second kappa shape index (κ2) is 17.8. The zero-order valence-corrected chi connectivity index (χ0v) is 26.7. The lowest BCUT2D eigenvalue weighted by atomic mass is 10.0. The Kier molecular flexibility index (Phi) is 15.7. The molecule has 2 atom stereocenters. The number of pyridine rings is 1. The monoisotopic (exact) mass is 602 g/mol. The van der Waals surface area contributed by atoms with Gasteiger partial charge >= 0.3 is 0 Å². The number of aromatic nitrogens is 1. The predicted octanol–water partition coefficient (Wildman–Crippen LogP) is 7.78. The van der Waals surface area contributed by atoms with Gasteiger partial charge in [-0.3, -0.25) is 4.98 Å². The molecule has 41 heavy (non-hydrogen) atoms. The van der Waals surface area contributed by atoms with E-state index in [1.165, 1.54) is 27.4 Å². The van der Waals surface area contributed by atoms with Crippen molar-refractivity contribution in [3.05, 3.63) is 114 Å². The van der Waals surface area contributed by atoms with Crippen LogP contribution < -0.4 is 11.1 Å². The van der Waals surface area contributed by atoms with E-state index < -0.39 is 5.66 Å². The zero-order valence-electron chi connectivity index (χ0n) is 24.6. The van der Waals surface area contributed by atoms with Gasteiger partial charge in [0.1, 0.15) is 5.82 Å². The molecule has 1 unspecified atom stereocenters. The fraction of sp³-hybridized carbons (Fsp3) is 0.281. The number of benzene rings is 2. The van der Waals surface area contributed by atoms with Gasteiger partial charge in [0.25, 0.3) is 5.66 Å². The highest BCUT2D eigenvalue weighted by Gasteiger charge is 2.24. The highest BCUT2D eigenvalue weighted by Crippen LogP contribution is 2.33. The molecule has 3 rings (SSSR count). The highest BCUT2D eigenvalue weighted by molar-refractivity contribution is 7.90. The molecule has 0 bridgehead atoms. The van der Waals surface area contributed by atoms with Crippen LogP contribution in [-0.2, 0) is 0 Å². The standard InChI is InChI=1S/C19H17FN2S.C9H13F2P.C4H12N2/c1-22(2)18(13-5-7-17(20)8-6-13)19(23)15-3-4-16-12-21-10-9-14(16)11-15;1-4-8(9(10,11)12)6-5-7(2)3;1-4(5)3-6-2/h3-12,23H,1-2H3;4-6H,1,12H2,2-3H3;4,6H,3,5H2,1-2H3/b19-18-;8-6+;/t;;4-/m..0/s1. The van der Waals surface area contributed by atoms with Gasteiger partial charge in [-0.2, -0.15) is 8.78 Å². The van der Waals surface area contributed by atoms with Crippen molar-refractivity contribution in [2.75, 3.05) is 27.7 Å². The molecule has 0 saturated carbocycles. The van der Waals surface area contributed by atoms with Crippen molar-refractivity contribution in [3.8, 4) is 0 Å². The third kappa shape index (κ3) is 13.1. The summed E-state index contributed by atoms with van der Waals surface area (Å²) in [5.41, 5.74) is 6.23. The maximum Gasteiger partial charge on any atom is 0.283 e. The summed E-state index contributed by atoms with van der Waals surface area (Å²) in [6, 6.07) is 14.9. The molecule has 0 aliphatic rings. The zero-order chi connectivity index (χ0) is 31.2. The quantitative estimate of drug-likeness (QED) is 0.107. The van der Waals surface area contributed by atoms with E-state index in [1.807, 2.05) is 71.2 Å². The molecule has 0 saturated heterocycles. The minimum atomic E-state index is -2.88. The normalized spacial score (nSPS) is 12.6. The van der Waals surface area contributed by atoms with Crippen molar-refractivity contribution in [1.82, 2.24) is 15.2 Å². The van der Waals surface area contributed by atoms with E-state index in [4.69, 9.17) is 18.4 Å². The summed E-state index contributed by atoms with van der Waals surface area (Å²) in [7, 11) is 7.29. The van der Waals surface area contributed by atoms with Crippen LogP contribution >= 0.6 is 21.9 Å². The first kappa shape index (κ1) is 36.1. The minimum absolute atomic E-state index is 0.0892. The molecule has 3 N–H and O–H groups in total. The lowest BCUT2D eigenvalue weighted by Gasteiger charge is -2.21. The van der Waals surface area contributed by atoms with Crippen LogP contribution in [-0.4, -0.2) is 49.3 Å². The number of nitrogens with two attached hydrogens (primary N) is 1.